The molecule has 2 amide bonds. The summed E-state index contributed by atoms with van der Waals surface area (Å²) >= 11 is 0. The van der Waals surface area contributed by atoms with Gasteiger partial charge in [0.1, 0.15) is 0 Å². The maximum atomic E-state index is 13.1. The highest BCUT2D eigenvalue weighted by Crippen LogP contribution is 2.22. The molecule has 6 nitrogen and oxygen atoms in total. The Morgan fingerprint density at radius 1 is 0.933 bits per heavy atom. The summed E-state index contributed by atoms with van der Waals surface area (Å²) in [4.78, 5) is 29.6. The van der Waals surface area contributed by atoms with Crippen LogP contribution in [0.4, 0.5) is 5.69 Å². The Morgan fingerprint density at radius 3 is 2.30 bits per heavy atom. The van der Waals surface area contributed by atoms with Crippen molar-refractivity contribution in [3.05, 3.63) is 65.4 Å². The number of carbonyl (C=O) groups is 2. The highest BCUT2D eigenvalue weighted by atomic mass is 16.2. The lowest BCUT2D eigenvalue weighted by atomic mass is 10.1. The summed E-state index contributed by atoms with van der Waals surface area (Å²) in [6, 6.07) is 14.0. The lowest BCUT2D eigenvalue weighted by Gasteiger charge is -2.34. The number of rotatable bonds is 4. The summed E-state index contributed by atoms with van der Waals surface area (Å²) in [5, 5.41) is 4.03. The van der Waals surface area contributed by atoms with E-state index in [1.54, 1.807) is 0 Å². The molecule has 0 aliphatic carbocycles. The topological polar surface area (TPSA) is 57.6 Å². The highest BCUT2D eigenvalue weighted by molar-refractivity contribution is 6.07. The zero-order valence-corrected chi connectivity index (χ0v) is 17.8. The van der Waals surface area contributed by atoms with Gasteiger partial charge in [0.25, 0.3) is 5.91 Å². The molecule has 0 spiro atoms. The predicted molar refractivity (Wildman–Crippen MR) is 120 cm³/mol. The molecule has 1 fully saturated rings. The van der Waals surface area contributed by atoms with Gasteiger partial charge in [0, 0.05) is 56.0 Å². The minimum Gasteiger partial charge on any atom is -0.350 e. The number of amides is 2. The molecular formula is C24H28N4O2. The molecular weight excluding hydrogens is 376 g/mol. The van der Waals surface area contributed by atoms with Crippen LogP contribution in [0.15, 0.2) is 48.7 Å². The monoisotopic (exact) mass is 404 g/mol. The molecule has 1 aromatic heterocycles. The largest absolute Gasteiger partial charge is 0.350 e. The molecule has 0 radical (unpaired) electrons. The molecule has 2 aromatic carbocycles. The van der Waals surface area contributed by atoms with Crippen LogP contribution in [-0.4, -0.2) is 58.9 Å². The first kappa shape index (κ1) is 20.2. The molecule has 3 aromatic rings. The molecule has 30 heavy (non-hydrogen) atoms. The van der Waals surface area contributed by atoms with Crippen molar-refractivity contribution in [2.24, 2.45) is 7.05 Å². The number of fused-ring (bicyclic) bond motifs is 1. The van der Waals surface area contributed by atoms with Crippen LogP contribution in [-0.2, 0) is 11.8 Å². The number of benzene rings is 2. The van der Waals surface area contributed by atoms with E-state index in [-0.39, 0.29) is 11.8 Å². The van der Waals surface area contributed by atoms with Gasteiger partial charge in [-0.2, -0.15) is 0 Å². The normalized spacial score (nSPS) is 14.8. The van der Waals surface area contributed by atoms with Crippen LogP contribution < -0.4 is 5.32 Å². The highest BCUT2D eigenvalue weighted by Gasteiger charge is 2.25. The fourth-order valence-electron chi connectivity index (χ4n) is 4.19. The van der Waals surface area contributed by atoms with E-state index < -0.39 is 0 Å². The van der Waals surface area contributed by atoms with Crippen molar-refractivity contribution < 1.29 is 9.59 Å². The van der Waals surface area contributed by atoms with Crippen molar-refractivity contribution in [2.45, 2.75) is 13.8 Å². The van der Waals surface area contributed by atoms with Crippen LogP contribution in [0.3, 0.4) is 0 Å². The number of hydrogen-bond acceptors (Lipinski definition) is 3. The lowest BCUT2D eigenvalue weighted by molar-refractivity contribution is -0.117. The van der Waals surface area contributed by atoms with E-state index in [1.165, 1.54) is 0 Å². The SMILES string of the molecule is Cc1cccc(C)c1NC(=O)CN1CCN(C(=O)c2cn(C)c3ccccc23)CC1. The van der Waals surface area contributed by atoms with Crippen molar-refractivity contribution in [3.63, 3.8) is 0 Å². The number of aromatic nitrogens is 1. The van der Waals surface area contributed by atoms with E-state index >= 15 is 0 Å². The van der Waals surface area contributed by atoms with Gasteiger partial charge >= 0.3 is 0 Å². The maximum Gasteiger partial charge on any atom is 0.256 e. The molecule has 0 saturated carbocycles. The summed E-state index contributed by atoms with van der Waals surface area (Å²) in [6.45, 7) is 6.97. The Hall–Kier alpha value is -3.12. The molecule has 2 heterocycles. The number of carbonyl (C=O) groups excluding carboxylic acids is 2. The molecule has 0 bridgehead atoms. The lowest BCUT2D eigenvalue weighted by Crippen LogP contribution is -2.50. The molecule has 1 N–H and O–H groups in total. The van der Waals surface area contributed by atoms with Gasteiger partial charge < -0.3 is 14.8 Å². The van der Waals surface area contributed by atoms with E-state index in [1.807, 2.05) is 79.0 Å². The number of aryl methyl sites for hydroxylation is 3. The van der Waals surface area contributed by atoms with Crippen molar-refractivity contribution in [3.8, 4) is 0 Å². The van der Waals surface area contributed by atoms with Crippen LogP contribution in [0.5, 0.6) is 0 Å². The number of piperazine rings is 1. The van der Waals surface area contributed by atoms with E-state index in [2.05, 4.69) is 10.2 Å². The molecule has 156 valence electrons. The Bertz CT molecular complexity index is 1070. The van der Waals surface area contributed by atoms with Crippen molar-refractivity contribution in [1.82, 2.24) is 14.4 Å². The first-order valence-electron chi connectivity index (χ1n) is 10.4. The van der Waals surface area contributed by atoms with Gasteiger partial charge in [-0.05, 0) is 31.0 Å². The van der Waals surface area contributed by atoms with Crippen molar-refractivity contribution in [2.75, 3.05) is 38.0 Å². The number of nitrogens with one attached hydrogen (secondary N) is 1. The average molecular weight is 405 g/mol. The van der Waals surface area contributed by atoms with Gasteiger partial charge in [0.15, 0.2) is 0 Å². The fraction of sp³-hybridized carbons (Fsp3) is 0.333. The molecule has 1 aliphatic rings. The Labute approximate surface area is 177 Å². The smallest absolute Gasteiger partial charge is 0.256 e. The van der Waals surface area contributed by atoms with Gasteiger partial charge in [-0.25, -0.2) is 0 Å². The van der Waals surface area contributed by atoms with Crippen molar-refractivity contribution >= 4 is 28.4 Å². The second kappa shape index (κ2) is 8.32. The van der Waals surface area contributed by atoms with Crippen LogP contribution in [0.25, 0.3) is 10.9 Å². The van der Waals surface area contributed by atoms with Gasteiger partial charge in [0.2, 0.25) is 5.91 Å². The third kappa shape index (κ3) is 3.96. The zero-order valence-electron chi connectivity index (χ0n) is 17.8. The van der Waals surface area contributed by atoms with Crippen LogP contribution in [0, 0.1) is 13.8 Å². The van der Waals surface area contributed by atoms with Gasteiger partial charge in [-0.3, -0.25) is 14.5 Å². The second-order valence-electron chi connectivity index (χ2n) is 8.05. The number of para-hydroxylation sites is 2. The molecule has 1 aliphatic heterocycles. The summed E-state index contributed by atoms with van der Waals surface area (Å²) in [7, 11) is 1.96. The minimum atomic E-state index is -0.0128. The summed E-state index contributed by atoms with van der Waals surface area (Å²) in [5.74, 6) is 0.0488. The Kier molecular flexibility index (Phi) is 5.59. The average Bonchev–Trinajstić information content (AvgIpc) is 3.08. The third-order valence-electron chi connectivity index (χ3n) is 5.90. The standard InChI is InChI=1S/C24H28N4O2/c1-17-7-6-8-18(2)23(17)25-22(29)16-27-11-13-28(14-12-27)24(30)20-15-26(3)21-10-5-4-9-19(20)21/h4-10,15H,11-14,16H2,1-3H3,(H,25,29). The first-order chi connectivity index (χ1) is 14.4. The molecule has 6 heteroatoms. The summed E-state index contributed by atoms with van der Waals surface area (Å²) in [6.07, 6.45) is 1.91. The predicted octanol–water partition coefficient (Wildman–Crippen LogP) is 3.19. The third-order valence-corrected chi connectivity index (χ3v) is 5.90. The summed E-state index contributed by atoms with van der Waals surface area (Å²) < 4.78 is 2.00. The molecule has 1 saturated heterocycles. The quantitative estimate of drug-likeness (QED) is 0.727. The maximum absolute atomic E-state index is 13.1. The van der Waals surface area contributed by atoms with Crippen LogP contribution >= 0.6 is 0 Å². The summed E-state index contributed by atoms with van der Waals surface area (Å²) in [5.41, 5.74) is 4.83. The number of hydrogen-bond donors (Lipinski definition) is 1. The van der Waals surface area contributed by atoms with Crippen molar-refractivity contribution in [1.29, 1.82) is 0 Å². The van der Waals surface area contributed by atoms with Crippen LogP contribution in [0.1, 0.15) is 21.5 Å². The van der Waals surface area contributed by atoms with E-state index in [9.17, 15) is 9.59 Å². The van der Waals surface area contributed by atoms with Gasteiger partial charge in [-0.15, -0.1) is 0 Å². The number of anilines is 1. The molecule has 0 unspecified atom stereocenters. The fourth-order valence-corrected chi connectivity index (χ4v) is 4.19. The second-order valence-corrected chi connectivity index (χ2v) is 8.05. The van der Waals surface area contributed by atoms with Gasteiger partial charge in [0.05, 0.1) is 12.1 Å². The molecule has 0 atom stereocenters. The Morgan fingerprint density at radius 2 is 1.60 bits per heavy atom. The first-order valence-corrected chi connectivity index (χ1v) is 10.4. The van der Waals surface area contributed by atoms with E-state index in [0.29, 0.717) is 32.7 Å². The zero-order chi connectivity index (χ0) is 21.3. The van der Waals surface area contributed by atoms with Crippen LogP contribution in [0.2, 0.25) is 0 Å². The minimum absolute atomic E-state index is 0.0128. The van der Waals surface area contributed by atoms with Gasteiger partial charge in [-0.1, -0.05) is 36.4 Å². The molecule has 4 rings (SSSR count). The Balaban J connectivity index is 1.35. The number of nitrogens with zero attached hydrogens (tertiary/aromatic N) is 3. The van der Waals surface area contributed by atoms with E-state index in [0.717, 1.165) is 33.3 Å². The van der Waals surface area contributed by atoms with E-state index in [4.69, 9.17) is 0 Å².